The van der Waals surface area contributed by atoms with Crippen LogP contribution in [-0.4, -0.2) is 24.6 Å². The number of aldehydes is 1. The van der Waals surface area contributed by atoms with Crippen LogP contribution in [0, 0.1) is 0 Å². The number of fused-ring (bicyclic) bond motifs is 1. The van der Waals surface area contributed by atoms with Gasteiger partial charge in [-0.05, 0) is 78.2 Å². The summed E-state index contributed by atoms with van der Waals surface area (Å²) in [6, 6.07) is 12.8. The summed E-state index contributed by atoms with van der Waals surface area (Å²) >= 11 is 0.876. The molecule has 0 saturated heterocycles. The van der Waals surface area contributed by atoms with Gasteiger partial charge in [0.25, 0.3) is 5.92 Å². The van der Waals surface area contributed by atoms with Crippen LogP contribution in [0.25, 0.3) is 16.3 Å². The van der Waals surface area contributed by atoms with Gasteiger partial charge in [0.15, 0.2) is 0 Å². The molecule has 0 bridgehead atoms. The van der Waals surface area contributed by atoms with Crippen LogP contribution in [-0.2, 0) is 10.7 Å². The van der Waals surface area contributed by atoms with Gasteiger partial charge in [-0.25, -0.2) is 4.72 Å². The second kappa shape index (κ2) is 10.6. The van der Waals surface area contributed by atoms with E-state index in [9.17, 15) is 26.7 Å². The number of halogens is 5. The number of nitrogens with one attached hydrogen (secondary N) is 1. The van der Waals surface area contributed by atoms with Gasteiger partial charge in [0.1, 0.15) is 18.1 Å². The van der Waals surface area contributed by atoms with E-state index >= 15 is 0 Å². The summed E-state index contributed by atoms with van der Waals surface area (Å²) in [7, 11) is 0. The van der Waals surface area contributed by atoms with E-state index in [-0.39, 0.29) is 18.0 Å². The van der Waals surface area contributed by atoms with Gasteiger partial charge < -0.3 is 9.53 Å². The van der Waals surface area contributed by atoms with Crippen molar-refractivity contribution < 1.29 is 31.5 Å². The van der Waals surface area contributed by atoms with Crippen molar-refractivity contribution >= 4 is 34.6 Å². The van der Waals surface area contributed by atoms with Crippen molar-refractivity contribution in [1.82, 2.24) is 4.72 Å². The van der Waals surface area contributed by atoms with Crippen LogP contribution in [0.1, 0.15) is 36.8 Å². The average molecular weight is 522 g/mol. The molecule has 1 saturated carbocycles. The van der Waals surface area contributed by atoms with Gasteiger partial charge in [-0.3, -0.25) is 0 Å². The summed E-state index contributed by atoms with van der Waals surface area (Å²) < 4.78 is 76.9. The largest absolute Gasteiger partial charge is 0.490 e. The van der Waals surface area contributed by atoms with E-state index in [1.54, 1.807) is 6.07 Å². The van der Waals surface area contributed by atoms with Gasteiger partial charge in [-0.15, -0.1) is 0 Å². The lowest BCUT2D eigenvalue weighted by Gasteiger charge is -2.24. The molecule has 3 aromatic rings. The number of ether oxygens (including phenoxy) is 1. The molecule has 1 unspecified atom stereocenters. The number of alkyl halides is 5. The molecule has 1 aliphatic carbocycles. The molecule has 1 fully saturated rings. The summed E-state index contributed by atoms with van der Waals surface area (Å²) in [5, 5.41) is 1.82. The number of rotatable bonds is 9. The van der Waals surface area contributed by atoms with Crippen molar-refractivity contribution in [2.45, 2.75) is 54.8 Å². The Morgan fingerprint density at radius 2 is 1.61 bits per heavy atom. The first kappa shape index (κ1) is 26.2. The topological polar surface area (TPSA) is 38.3 Å². The Labute approximate surface area is 209 Å². The first-order valence-corrected chi connectivity index (χ1v) is 12.2. The fourth-order valence-electron chi connectivity index (χ4n) is 4.09. The van der Waals surface area contributed by atoms with Gasteiger partial charge in [-0.2, -0.15) is 22.0 Å². The van der Waals surface area contributed by atoms with Crippen molar-refractivity contribution in [3.63, 3.8) is 0 Å². The van der Waals surface area contributed by atoms with Crippen LogP contribution in [0.4, 0.5) is 22.0 Å². The maximum absolute atomic E-state index is 15.0. The number of benzene rings is 3. The van der Waals surface area contributed by atoms with Crippen molar-refractivity contribution in [1.29, 1.82) is 0 Å². The lowest BCUT2D eigenvalue weighted by Crippen LogP contribution is -2.41. The zero-order valence-corrected chi connectivity index (χ0v) is 20.0. The van der Waals surface area contributed by atoms with E-state index in [0.717, 1.165) is 65.6 Å². The summed E-state index contributed by atoms with van der Waals surface area (Å²) in [4.78, 5) is 12.1. The minimum absolute atomic E-state index is 0.0865. The Morgan fingerprint density at radius 3 is 2.25 bits per heavy atom. The Bertz CT molecular complexity index is 1240. The lowest BCUT2D eigenvalue weighted by molar-refractivity contribution is -0.119. The molecule has 4 rings (SSSR count). The summed E-state index contributed by atoms with van der Waals surface area (Å²) in [5.41, 5.74) is -2.04. The smallest absolute Gasteiger partial charge is 0.416 e. The predicted molar refractivity (Wildman–Crippen MR) is 131 cm³/mol. The molecule has 0 radical (unpaired) electrons. The minimum atomic E-state index is -4.67. The molecular weight excluding hydrogens is 497 g/mol. The van der Waals surface area contributed by atoms with E-state index in [0.29, 0.717) is 4.90 Å². The number of carbonyl (C=O) groups is 1. The standard InChI is InChI=1S/C27H24F5NO2S/c1-17(27(30,31)32)18-6-10-21(11-7-18)26(28,29)25(16-34)33-36-24-13-9-19-14-23(12-8-20(19)15-24)35-22-4-2-3-5-22/h6-16,22,25,33H,1-5H2. The van der Waals surface area contributed by atoms with Crippen molar-refractivity contribution in [2.24, 2.45) is 0 Å². The van der Waals surface area contributed by atoms with Crippen molar-refractivity contribution in [3.05, 3.63) is 78.4 Å². The molecule has 0 aromatic heterocycles. The van der Waals surface area contributed by atoms with Crippen LogP contribution in [0.15, 0.2) is 72.1 Å². The number of hydrogen-bond donors (Lipinski definition) is 1. The number of hydrogen-bond acceptors (Lipinski definition) is 4. The van der Waals surface area contributed by atoms with Gasteiger partial charge in [-0.1, -0.05) is 43.0 Å². The van der Waals surface area contributed by atoms with Crippen LogP contribution >= 0.6 is 11.9 Å². The van der Waals surface area contributed by atoms with Crippen LogP contribution in [0.2, 0.25) is 0 Å². The SMILES string of the molecule is C=C(c1ccc(C(F)(F)C(C=O)NSc2ccc3cc(OC4CCCC4)ccc3c2)cc1)C(F)(F)F. The van der Waals surface area contributed by atoms with Crippen LogP contribution in [0.5, 0.6) is 5.75 Å². The average Bonchev–Trinajstić information content (AvgIpc) is 3.36. The molecular formula is C27H24F5NO2S. The fraction of sp³-hybridized carbons (Fsp3) is 0.296. The highest BCUT2D eigenvalue weighted by molar-refractivity contribution is 7.97. The molecule has 0 spiro atoms. The van der Waals surface area contributed by atoms with Gasteiger partial charge in [0.2, 0.25) is 0 Å². The maximum Gasteiger partial charge on any atom is 0.416 e. The molecule has 1 N–H and O–H groups in total. The number of allylic oxidation sites excluding steroid dienone is 1. The summed E-state index contributed by atoms with van der Waals surface area (Å²) in [6.07, 6.45) is 0.102. The normalized spacial score (nSPS) is 15.7. The quantitative estimate of drug-likeness (QED) is 0.178. The van der Waals surface area contributed by atoms with Gasteiger partial charge >= 0.3 is 6.18 Å². The maximum atomic E-state index is 15.0. The third-order valence-corrected chi connectivity index (χ3v) is 7.04. The Balaban J connectivity index is 1.43. The molecule has 0 heterocycles. The van der Waals surface area contributed by atoms with E-state index < -0.39 is 29.3 Å². The summed E-state index contributed by atoms with van der Waals surface area (Å²) in [6.45, 7) is 2.96. The predicted octanol–water partition coefficient (Wildman–Crippen LogP) is 7.69. The van der Waals surface area contributed by atoms with E-state index in [2.05, 4.69) is 11.3 Å². The zero-order chi connectivity index (χ0) is 25.9. The Kier molecular flexibility index (Phi) is 7.70. The van der Waals surface area contributed by atoms with Crippen LogP contribution in [0.3, 0.4) is 0 Å². The molecule has 0 aliphatic heterocycles. The Morgan fingerprint density at radius 1 is 0.972 bits per heavy atom. The molecule has 36 heavy (non-hydrogen) atoms. The van der Waals surface area contributed by atoms with Crippen LogP contribution < -0.4 is 9.46 Å². The first-order valence-electron chi connectivity index (χ1n) is 11.4. The third kappa shape index (κ3) is 5.90. The van der Waals surface area contributed by atoms with E-state index in [4.69, 9.17) is 4.74 Å². The Hall–Kier alpha value is -2.91. The lowest BCUT2D eigenvalue weighted by atomic mass is 9.99. The van der Waals surface area contributed by atoms with Crippen molar-refractivity contribution in [2.75, 3.05) is 0 Å². The first-order chi connectivity index (χ1) is 17.1. The second-order valence-electron chi connectivity index (χ2n) is 8.71. The highest BCUT2D eigenvalue weighted by Gasteiger charge is 2.42. The van der Waals surface area contributed by atoms with Gasteiger partial charge in [0.05, 0.1) is 11.7 Å². The molecule has 190 valence electrons. The van der Waals surface area contributed by atoms with E-state index in [1.807, 2.05) is 30.3 Å². The zero-order valence-electron chi connectivity index (χ0n) is 19.2. The highest BCUT2D eigenvalue weighted by atomic mass is 32.2. The fourth-order valence-corrected chi connectivity index (χ4v) is 4.88. The monoisotopic (exact) mass is 521 g/mol. The molecule has 1 aliphatic rings. The summed E-state index contributed by atoms with van der Waals surface area (Å²) in [5.74, 6) is -2.87. The molecule has 1 atom stereocenters. The second-order valence-corrected chi connectivity index (χ2v) is 9.62. The van der Waals surface area contributed by atoms with E-state index in [1.165, 1.54) is 12.8 Å². The molecule has 3 nitrogen and oxygen atoms in total. The molecule has 3 aromatic carbocycles. The molecule has 0 amide bonds. The minimum Gasteiger partial charge on any atom is -0.490 e. The molecule has 9 heteroatoms. The van der Waals surface area contributed by atoms with Gasteiger partial charge in [0, 0.05) is 10.5 Å². The third-order valence-electron chi connectivity index (χ3n) is 6.18. The number of carbonyl (C=O) groups excluding carboxylic acids is 1. The highest BCUT2D eigenvalue weighted by Crippen LogP contribution is 2.37. The van der Waals surface area contributed by atoms with Crippen molar-refractivity contribution in [3.8, 4) is 5.75 Å².